The minimum Gasteiger partial charge on any atom is -0.356 e. The maximum atomic E-state index is 12.0. The summed E-state index contributed by atoms with van der Waals surface area (Å²) in [5.74, 6) is 0.206. The van der Waals surface area contributed by atoms with Gasteiger partial charge in [0.15, 0.2) is 5.82 Å². The smallest absolute Gasteiger partial charge is 0.253 e. The topological polar surface area (TPSA) is 99.8 Å². The summed E-state index contributed by atoms with van der Waals surface area (Å²) in [5.41, 5.74) is 4.22. The number of aromatic nitrogens is 3. The fourth-order valence-corrected chi connectivity index (χ4v) is 3.19. The van der Waals surface area contributed by atoms with Gasteiger partial charge in [0, 0.05) is 37.3 Å². The molecule has 3 aromatic rings. The monoisotopic (exact) mass is 381 g/mol. The van der Waals surface area contributed by atoms with Crippen LogP contribution in [0.5, 0.6) is 0 Å². The minimum absolute atomic E-state index is 0.0781. The lowest BCUT2D eigenvalue weighted by Gasteiger charge is -2.10. The predicted octanol–water partition coefficient (Wildman–Crippen LogP) is 3.04. The molecule has 1 aliphatic rings. The Bertz CT molecular complexity index is 1060. The Balaban J connectivity index is 1.71. The van der Waals surface area contributed by atoms with E-state index in [0.29, 0.717) is 34.3 Å². The van der Waals surface area contributed by atoms with Crippen LogP contribution >= 0.6 is 11.6 Å². The number of benzene rings is 1. The zero-order valence-corrected chi connectivity index (χ0v) is 15.2. The molecule has 3 heterocycles. The van der Waals surface area contributed by atoms with Crippen molar-refractivity contribution in [3.63, 3.8) is 0 Å². The number of hydrogen-bond donors (Lipinski definition) is 3. The average Bonchev–Trinajstić information content (AvgIpc) is 3.09. The second-order valence-electron chi connectivity index (χ2n) is 6.22. The van der Waals surface area contributed by atoms with E-state index in [4.69, 9.17) is 11.6 Å². The molecule has 27 heavy (non-hydrogen) atoms. The number of carbonyl (C=O) groups is 2. The van der Waals surface area contributed by atoms with Crippen molar-refractivity contribution >= 4 is 29.1 Å². The molecule has 1 aromatic carbocycles. The highest BCUT2D eigenvalue weighted by Crippen LogP contribution is 2.29. The van der Waals surface area contributed by atoms with E-state index in [1.807, 2.05) is 0 Å². The lowest BCUT2D eigenvalue weighted by atomic mass is 10.1. The van der Waals surface area contributed by atoms with Gasteiger partial charge < -0.3 is 15.6 Å². The molecular formula is C19H16ClN5O2. The molecule has 4 rings (SSSR count). The number of nitrogens with zero attached hydrogens (tertiary/aromatic N) is 2. The maximum absolute atomic E-state index is 12.0. The summed E-state index contributed by atoms with van der Waals surface area (Å²) in [6, 6.07) is 8.80. The molecule has 0 unspecified atom stereocenters. The van der Waals surface area contributed by atoms with Crippen LogP contribution in [0.4, 0.5) is 5.69 Å². The molecule has 0 saturated heterocycles. The number of fused-ring (bicyclic) bond motifs is 1. The number of aromatic amines is 1. The van der Waals surface area contributed by atoms with Crippen LogP contribution in [-0.4, -0.2) is 33.3 Å². The Hall–Kier alpha value is -3.19. The normalized spacial score (nSPS) is 13.0. The van der Waals surface area contributed by atoms with Gasteiger partial charge in [-0.05, 0) is 30.3 Å². The molecule has 0 fully saturated rings. The number of anilines is 1. The molecule has 0 spiro atoms. The summed E-state index contributed by atoms with van der Waals surface area (Å²) in [7, 11) is 0. The van der Waals surface area contributed by atoms with Crippen molar-refractivity contribution in [2.24, 2.45) is 0 Å². The molecule has 3 N–H and O–H groups in total. The third-order valence-electron chi connectivity index (χ3n) is 4.27. The summed E-state index contributed by atoms with van der Waals surface area (Å²) in [6.45, 7) is 2.04. The van der Waals surface area contributed by atoms with E-state index in [-0.39, 0.29) is 11.8 Å². The largest absolute Gasteiger partial charge is 0.356 e. The van der Waals surface area contributed by atoms with E-state index >= 15 is 0 Å². The van der Waals surface area contributed by atoms with Gasteiger partial charge in [0.2, 0.25) is 5.91 Å². The Kier molecular flexibility index (Phi) is 4.37. The highest BCUT2D eigenvalue weighted by molar-refractivity contribution is 6.33. The molecule has 0 radical (unpaired) electrons. The Morgan fingerprint density at radius 3 is 2.89 bits per heavy atom. The van der Waals surface area contributed by atoms with Crippen LogP contribution < -0.4 is 10.6 Å². The van der Waals surface area contributed by atoms with Crippen molar-refractivity contribution in [1.82, 2.24) is 20.3 Å². The van der Waals surface area contributed by atoms with Gasteiger partial charge in [0.1, 0.15) is 0 Å². The third kappa shape index (κ3) is 3.41. The summed E-state index contributed by atoms with van der Waals surface area (Å²) in [4.78, 5) is 35.5. The van der Waals surface area contributed by atoms with Crippen molar-refractivity contribution in [3.8, 4) is 22.8 Å². The minimum atomic E-state index is -0.209. The molecule has 0 atom stereocenters. The van der Waals surface area contributed by atoms with Gasteiger partial charge >= 0.3 is 0 Å². The zero-order valence-electron chi connectivity index (χ0n) is 14.5. The first-order valence-corrected chi connectivity index (χ1v) is 8.80. The number of halogens is 1. The quantitative estimate of drug-likeness (QED) is 0.649. The van der Waals surface area contributed by atoms with E-state index < -0.39 is 0 Å². The van der Waals surface area contributed by atoms with Gasteiger partial charge in [-0.2, -0.15) is 0 Å². The fourth-order valence-electron chi connectivity index (χ4n) is 3.03. The van der Waals surface area contributed by atoms with Crippen molar-refractivity contribution in [2.75, 3.05) is 11.9 Å². The molecule has 2 aromatic heterocycles. The summed E-state index contributed by atoms with van der Waals surface area (Å²) in [6.07, 6.45) is 2.42. The van der Waals surface area contributed by atoms with Gasteiger partial charge in [0.25, 0.3) is 5.91 Å². The number of hydrogen-bond acceptors (Lipinski definition) is 4. The summed E-state index contributed by atoms with van der Waals surface area (Å²) in [5, 5.41) is 5.96. The first-order valence-electron chi connectivity index (χ1n) is 8.42. The van der Waals surface area contributed by atoms with Gasteiger partial charge in [-0.15, -0.1) is 0 Å². The average molecular weight is 382 g/mol. The molecule has 136 valence electrons. The first-order chi connectivity index (χ1) is 13.0. The van der Waals surface area contributed by atoms with Crippen LogP contribution in [0, 0.1) is 0 Å². The molecule has 0 saturated carbocycles. The Morgan fingerprint density at radius 1 is 1.26 bits per heavy atom. The van der Waals surface area contributed by atoms with Crippen molar-refractivity contribution in [2.45, 2.75) is 13.3 Å². The predicted molar refractivity (Wildman–Crippen MR) is 103 cm³/mol. The zero-order chi connectivity index (χ0) is 19.0. The molecule has 1 aliphatic heterocycles. The summed E-state index contributed by atoms with van der Waals surface area (Å²) < 4.78 is 0. The van der Waals surface area contributed by atoms with E-state index in [1.165, 1.54) is 6.92 Å². The number of amides is 2. The van der Waals surface area contributed by atoms with Crippen LogP contribution in [0.15, 0.2) is 36.5 Å². The van der Waals surface area contributed by atoms with Gasteiger partial charge in [-0.25, -0.2) is 9.97 Å². The van der Waals surface area contributed by atoms with Gasteiger partial charge in [-0.1, -0.05) is 11.6 Å². The lowest BCUT2D eigenvalue weighted by Crippen LogP contribution is -2.31. The van der Waals surface area contributed by atoms with E-state index in [2.05, 4.69) is 25.6 Å². The number of carbonyl (C=O) groups excluding carboxylic acids is 2. The molecule has 2 amide bonds. The van der Waals surface area contributed by atoms with Crippen LogP contribution in [-0.2, 0) is 11.2 Å². The molecule has 0 bridgehead atoms. The highest BCUT2D eigenvalue weighted by Gasteiger charge is 2.20. The SMILES string of the molecule is CC(=O)Nc1cc(-c2nccc(-c3cc4c([nH]3)CCNC4=O)n2)ccc1Cl. The van der Waals surface area contributed by atoms with Gasteiger partial charge in [-0.3, -0.25) is 9.59 Å². The van der Waals surface area contributed by atoms with E-state index in [1.54, 1.807) is 36.5 Å². The first kappa shape index (κ1) is 17.2. The van der Waals surface area contributed by atoms with Crippen LogP contribution in [0.3, 0.4) is 0 Å². The molecule has 0 aliphatic carbocycles. The standard InChI is InChI=1S/C19H16ClN5O2/c1-10(26)23-16-8-11(2-3-13(16)20)18-21-6-5-15(25-18)17-9-12-14(24-17)4-7-22-19(12)27/h2-3,5-6,8-9,24H,4,7H2,1H3,(H,22,27)(H,23,26). The number of rotatable bonds is 3. The number of nitrogens with one attached hydrogen (secondary N) is 3. The highest BCUT2D eigenvalue weighted by atomic mass is 35.5. The van der Waals surface area contributed by atoms with E-state index in [9.17, 15) is 9.59 Å². The second-order valence-corrected chi connectivity index (χ2v) is 6.63. The van der Waals surface area contributed by atoms with Crippen molar-refractivity contribution in [1.29, 1.82) is 0 Å². The summed E-state index contributed by atoms with van der Waals surface area (Å²) >= 11 is 6.13. The molecular weight excluding hydrogens is 366 g/mol. The van der Waals surface area contributed by atoms with Crippen LogP contribution in [0.2, 0.25) is 5.02 Å². The van der Waals surface area contributed by atoms with Crippen LogP contribution in [0.25, 0.3) is 22.8 Å². The number of H-pyrrole nitrogens is 1. The molecule has 7 nitrogen and oxygen atoms in total. The maximum Gasteiger partial charge on any atom is 0.253 e. The van der Waals surface area contributed by atoms with Gasteiger partial charge in [0.05, 0.1) is 27.7 Å². The van der Waals surface area contributed by atoms with Crippen molar-refractivity contribution in [3.05, 3.63) is 52.8 Å². The fraction of sp³-hybridized carbons (Fsp3) is 0.158. The van der Waals surface area contributed by atoms with Crippen molar-refractivity contribution < 1.29 is 9.59 Å². The molecule has 8 heteroatoms. The van der Waals surface area contributed by atoms with E-state index in [0.717, 1.165) is 23.4 Å². The van der Waals surface area contributed by atoms with Crippen LogP contribution in [0.1, 0.15) is 23.0 Å². The second kappa shape index (κ2) is 6.85. The lowest BCUT2D eigenvalue weighted by molar-refractivity contribution is -0.114. The third-order valence-corrected chi connectivity index (χ3v) is 4.60. The Morgan fingerprint density at radius 2 is 2.11 bits per heavy atom. The Labute approximate surface area is 160 Å².